The van der Waals surface area contributed by atoms with E-state index < -0.39 is 12.5 Å². The Kier molecular flexibility index (Phi) is 5.09. The van der Waals surface area contributed by atoms with E-state index in [9.17, 15) is 13.6 Å². The molecule has 160 valence electrons. The molecule has 0 saturated carbocycles. The summed E-state index contributed by atoms with van der Waals surface area (Å²) >= 11 is 4.64. The number of hydrogen-bond acceptors (Lipinski definition) is 5. The molecule has 1 aliphatic rings. The number of fused-ring (bicyclic) bond motifs is 2. The Morgan fingerprint density at radius 1 is 1.35 bits per heavy atom. The van der Waals surface area contributed by atoms with E-state index in [4.69, 9.17) is 0 Å². The largest absolute Gasteiger partial charge is 0.334 e. The molecule has 0 radical (unpaired) electrons. The van der Waals surface area contributed by atoms with Crippen molar-refractivity contribution in [1.82, 2.24) is 24.3 Å². The van der Waals surface area contributed by atoms with Gasteiger partial charge in [-0.05, 0) is 31.4 Å². The lowest BCUT2D eigenvalue weighted by atomic mass is 10.1. The summed E-state index contributed by atoms with van der Waals surface area (Å²) in [7, 11) is 0. The van der Waals surface area contributed by atoms with E-state index in [0.29, 0.717) is 26.2 Å². The minimum atomic E-state index is -2.67. The topological polar surface area (TPSA) is 77.6 Å². The van der Waals surface area contributed by atoms with Crippen LogP contribution in [0.5, 0.6) is 0 Å². The van der Waals surface area contributed by atoms with Crippen molar-refractivity contribution in [3.8, 4) is 0 Å². The molecule has 1 N–H and O–H groups in total. The van der Waals surface area contributed by atoms with Crippen LogP contribution in [0.15, 0.2) is 34.6 Å². The van der Waals surface area contributed by atoms with Crippen molar-refractivity contribution >= 4 is 49.2 Å². The Morgan fingerprint density at radius 3 is 2.94 bits per heavy atom. The first kappa shape index (κ1) is 20.3. The molecule has 3 aromatic heterocycles. The van der Waals surface area contributed by atoms with Gasteiger partial charge >= 0.3 is 0 Å². The van der Waals surface area contributed by atoms with E-state index in [-0.39, 0.29) is 11.5 Å². The molecule has 0 bridgehead atoms. The number of anilines is 1. The van der Waals surface area contributed by atoms with E-state index in [1.54, 1.807) is 24.8 Å². The number of imidazole rings is 1. The van der Waals surface area contributed by atoms with E-state index >= 15 is 0 Å². The fraction of sp³-hybridized carbons (Fsp3) is 0.300. The lowest BCUT2D eigenvalue weighted by Gasteiger charge is -2.16. The molecule has 0 spiro atoms. The average Bonchev–Trinajstić information content (AvgIpc) is 3.50. The minimum absolute atomic E-state index is 0.132. The molecule has 4 aromatic rings. The van der Waals surface area contributed by atoms with Gasteiger partial charge in [0.15, 0.2) is 11.2 Å². The maximum atomic E-state index is 13.7. The molecule has 1 aliphatic heterocycles. The highest BCUT2D eigenvalue weighted by Gasteiger charge is 2.32. The van der Waals surface area contributed by atoms with Gasteiger partial charge in [0.05, 0.1) is 17.5 Å². The van der Waals surface area contributed by atoms with Gasteiger partial charge < -0.3 is 4.57 Å². The zero-order chi connectivity index (χ0) is 21.7. The highest BCUT2D eigenvalue weighted by Crippen LogP contribution is 2.36. The number of alkyl halides is 2. The van der Waals surface area contributed by atoms with Crippen LogP contribution < -0.4 is 5.32 Å². The van der Waals surface area contributed by atoms with Crippen LogP contribution >= 0.6 is 27.3 Å². The molecular formula is C20H17BrF2N6OS. The van der Waals surface area contributed by atoms with Crippen molar-refractivity contribution < 1.29 is 13.6 Å². The smallest absolute Gasteiger partial charge is 0.264 e. The second kappa shape index (κ2) is 7.79. The van der Waals surface area contributed by atoms with E-state index in [0.717, 1.165) is 30.6 Å². The number of aryl methyl sites for hydroxylation is 2. The Bertz CT molecular complexity index is 1280. The van der Waals surface area contributed by atoms with Crippen molar-refractivity contribution in [3.05, 3.63) is 57.2 Å². The maximum Gasteiger partial charge on any atom is 0.264 e. The molecule has 1 atom stereocenters. The predicted octanol–water partition coefficient (Wildman–Crippen LogP) is 4.87. The molecule has 1 aromatic carbocycles. The number of hydrogen-bond donors (Lipinski definition) is 1. The van der Waals surface area contributed by atoms with Crippen LogP contribution in [0.4, 0.5) is 13.9 Å². The monoisotopic (exact) mass is 506 g/mol. The van der Waals surface area contributed by atoms with Crippen LogP contribution in [0, 0.1) is 6.92 Å². The van der Waals surface area contributed by atoms with Gasteiger partial charge in [-0.2, -0.15) is 5.10 Å². The summed E-state index contributed by atoms with van der Waals surface area (Å²) < 4.78 is 31.5. The van der Waals surface area contributed by atoms with Crippen molar-refractivity contribution in [2.75, 3.05) is 5.32 Å². The van der Waals surface area contributed by atoms with Gasteiger partial charge in [0.1, 0.15) is 0 Å². The number of nitrogens with zero attached hydrogens (tertiary/aromatic N) is 5. The van der Waals surface area contributed by atoms with Gasteiger partial charge in [0.25, 0.3) is 12.3 Å². The summed E-state index contributed by atoms with van der Waals surface area (Å²) in [5.41, 5.74) is 2.56. The molecule has 1 unspecified atom stereocenters. The molecule has 0 aliphatic carbocycles. The van der Waals surface area contributed by atoms with Gasteiger partial charge in [-0.25, -0.2) is 18.7 Å². The highest BCUT2D eigenvalue weighted by molar-refractivity contribution is 9.10. The number of thiazole rings is 1. The normalized spacial score (nSPS) is 14.4. The van der Waals surface area contributed by atoms with Crippen molar-refractivity contribution in [1.29, 1.82) is 0 Å². The summed E-state index contributed by atoms with van der Waals surface area (Å²) in [4.78, 5) is 22.0. The van der Waals surface area contributed by atoms with Gasteiger partial charge in [0.2, 0.25) is 0 Å². The summed E-state index contributed by atoms with van der Waals surface area (Å²) in [5, 5.41) is 9.92. The number of carbonyl (C=O) groups excluding carboxylic acids is 1. The summed E-state index contributed by atoms with van der Waals surface area (Å²) in [6, 6.07) is 0.502. The average molecular weight is 507 g/mol. The highest BCUT2D eigenvalue weighted by atomic mass is 79.9. The predicted molar refractivity (Wildman–Crippen MR) is 117 cm³/mol. The number of rotatable bonds is 5. The number of nitrogens with one attached hydrogen (secondary N) is 1. The third-order valence-corrected chi connectivity index (χ3v) is 7.01. The van der Waals surface area contributed by atoms with E-state index in [1.165, 1.54) is 28.3 Å². The van der Waals surface area contributed by atoms with Crippen LogP contribution in [0.3, 0.4) is 0 Å². The fourth-order valence-corrected chi connectivity index (χ4v) is 4.96. The Labute approximate surface area is 188 Å². The molecule has 4 heterocycles. The zero-order valence-electron chi connectivity index (χ0n) is 16.3. The Morgan fingerprint density at radius 2 is 2.19 bits per heavy atom. The molecule has 31 heavy (non-hydrogen) atoms. The first-order chi connectivity index (χ1) is 14.9. The van der Waals surface area contributed by atoms with Crippen LogP contribution in [0.25, 0.3) is 10.9 Å². The second-order valence-electron chi connectivity index (χ2n) is 7.35. The van der Waals surface area contributed by atoms with Crippen molar-refractivity contribution in [3.63, 3.8) is 0 Å². The molecule has 11 heteroatoms. The lowest BCUT2D eigenvalue weighted by molar-refractivity contribution is -0.118. The number of halogens is 3. The standard InChI is InChI=1S/C20H17BrF2N6OS/c1-10-13(21)7-11(18(22)23)12-8-29(27-15(10)12)17(19(30)26-20-24-4-6-31-20)16-14-3-2-5-28(14)9-25-16/h4,6-9,17-18H,2-3,5H2,1H3,(H,24,26,30). The number of amides is 1. The Balaban J connectivity index is 1.67. The first-order valence-electron chi connectivity index (χ1n) is 9.64. The van der Waals surface area contributed by atoms with Gasteiger partial charge in [-0.1, -0.05) is 15.9 Å². The Hall–Kier alpha value is -2.66. The molecule has 7 nitrogen and oxygen atoms in total. The number of carbonyl (C=O) groups is 1. The number of aromatic nitrogens is 5. The van der Waals surface area contributed by atoms with Crippen LogP contribution in [0.2, 0.25) is 0 Å². The molecule has 0 saturated heterocycles. The van der Waals surface area contributed by atoms with Gasteiger partial charge in [-0.15, -0.1) is 11.3 Å². The van der Waals surface area contributed by atoms with E-state index in [2.05, 4.69) is 36.3 Å². The van der Waals surface area contributed by atoms with Crippen LogP contribution in [0.1, 0.15) is 41.4 Å². The maximum absolute atomic E-state index is 13.7. The number of benzene rings is 1. The molecule has 1 amide bonds. The van der Waals surface area contributed by atoms with E-state index in [1.807, 2.05) is 4.57 Å². The van der Waals surface area contributed by atoms with Crippen molar-refractivity contribution in [2.45, 2.75) is 38.8 Å². The van der Waals surface area contributed by atoms with Crippen molar-refractivity contribution in [2.24, 2.45) is 0 Å². The molecular weight excluding hydrogens is 490 g/mol. The zero-order valence-corrected chi connectivity index (χ0v) is 18.8. The minimum Gasteiger partial charge on any atom is -0.334 e. The van der Waals surface area contributed by atoms with Crippen LogP contribution in [-0.2, 0) is 17.8 Å². The summed E-state index contributed by atoms with van der Waals surface area (Å²) in [6.45, 7) is 2.64. The summed E-state index contributed by atoms with van der Waals surface area (Å²) in [6.07, 6.45) is 3.93. The first-order valence-corrected chi connectivity index (χ1v) is 11.3. The van der Waals surface area contributed by atoms with Gasteiger partial charge in [-0.3, -0.25) is 14.8 Å². The molecule has 0 fully saturated rings. The fourth-order valence-electron chi connectivity index (χ4n) is 3.99. The quantitative estimate of drug-likeness (QED) is 0.418. The lowest BCUT2D eigenvalue weighted by Crippen LogP contribution is -2.28. The van der Waals surface area contributed by atoms with Crippen LogP contribution in [-0.4, -0.2) is 30.2 Å². The third kappa shape index (κ3) is 3.45. The summed E-state index contributed by atoms with van der Waals surface area (Å²) in [5.74, 6) is -0.369. The third-order valence-electron chi connectivity index (χ3n) is 5.50. The van der Waals surface area contributed by atoms with Gasteiger partial charge in [0, 0.05) is 45.4 Å². The second-order valence-corrected chi connectivity index (χ2v) is 9.10. The molecule has 5 rings (SSSR count). The SMILES string of the molecule is Cc1c(Br)cc(C(F)F)c2cn(C(C(=O)Nc3nccs3)c3ncn4c3CCC4)nc12.